The molecule has 4 nitrogen and oxygen atoms in total. The smallest absolute Gasteiger partial charge is 0.237 e. The third-order valence-corrected chi connectivity index (χ3v) is 6.47. The van der Waals surface area contributed by atoms with E-state index in [4.69, 9.17) is 4.98 Å². The van der Waals surface area contributed by atoms with Crippen molar-refractivity contribution < 1.29 is 4.79 Å². The lowest BCUT2D eigenvalue weighted by atomic mass is 10.1. The van der Waals surface area contributed by atoms with Gasteiger partial charge in [0, 0.05) is 16.8 Å². The lowest BCUT2D eigenvalue weighted by Crippen LogP contribution is -2.25. The van der Waals surface area contributed by atoms with Crippen molar-refractivity contribution >= 4 is 34.1 Å². The molecule has 4 rings (SSSR count). The molecule has 1 N–H and O–H groups in total. The summed E-state index contributed by atoms with van der Waals surface area (Å²) in [7, 11) is 0. The van der Waals surface area contributed by atoms with Crippen LogP contribution in [0.4, 0.5) is 5.69 Å². The molecule has 0 radical (unpaired) electrons. The Bertz CT molecular complexity index is 1080. The number of nitrogens with one attached hydrogen (secondary N) is 1. The summed E-state index contributed by atoms with van der Waals surface area (Å²) in [6.07, 6.45) is 3.68. The molecule has 1 atom stereocenters. The molecule has 1 aliphatic carbocycles. The first-order valence-corrected chi connectivity index (χ1v) is 10.5. The summed E-state index contributed by atoms with van der Waals surface area (Å²) in [5, 5.41) is 15.1. The van der Waals surface area contributed by atoms with E-state index < -0.39 is 0 Å². The second kappa shape index (κ2) is 8.04. The van der Waals surface area contributed by atoms with Gasteiger partial charge in [0.15, 0.2) is 0 Å². The Labute approximate surface area is 169 Å². The fourth-order valence-electron chi connectivity index (χ4n) is 3.63. The summed E-state index contributed by atoms with van der Waals surface area (Å²) in [4.78, 5) is 17.7. The summed E-state index contributed by atoms with van der Waals surface area (Å²) in [6, 6.07) is 18.1. The van der Waals surface area contributed by atoms with Crippen LogP contribution in [0.5, 0.6) is 0 Å². The van der Waals surface area contributed by atoms with Crippen LogP contribution in [0.15, 0.2) is 53.6 Å². The maximum absolute atomic E-state index is 13.0. The molecule has 1 amide bonds. The number of carbonyl (C=O) groups excluding carboxylic acids is 1. The molecule has 0 saturated carbocycles. The first-order valence-electron chi connectivity index (χ1n) is 9.57. The van der Waals surface area contributed by atoms with Gasteiger partial charge in [0.1, 0.15) is 11.1 Å². The molecule has 2 aromatic carbocycles. The highest BCUT2D eigenvalue weighted by molar-refractivity contribution is 8.00. The molecule has 0 spiro atoms. The van der Waals surface area contributed by atoms with Crippen LogP contribution in [0.1, 0.15) is 36.6 Å². The second-order valence-electron chi connectivity index (χ2n) is 6.94. The van der Waals surface area contributed by atoms with Crippen molar-refractivity contribution in [2.24, 2.45) is 0 Å². The molecule has 0 aliphatic heterocycles. The van der Waals surface area contributed by atoms with E-state index in [0.717, 1.165) is 41.4 Å². The van der Waals surface area contributed by atoms with Gasteiger partial charge in [-0.15, -0.1) is 0 Å². The molecule has 5 heteroatoms. The second-order valence-corrected chi connectivity index (χ2v) is 8.13. The molecule has 1 aromatic heterocycles. The number of rotatable bonds is 5. The van der Waals surface area contributed by atoms with E-state index >= 15 is 0 Å². The molecule has 0 fully saturated rings. The Morgan fingerprint density at radius 3 is 2.89 bits per heavy atom. The first kappa shape index (κ1) is 18.5. The highest BCUT2D eigenvalue weighted by atomic mass is 32.2. The summed E-state index contributed by atoms with van der Waals surface area (Å²) in [5.41, 5.74) is 3.63. The van der Waals surface area contributed by atoms with Crippen molar-refractivity contribution in [3.05, 3.63) is 65.4 Å². The van der Waals surface area contributed by atoms with Crippen LogP contribution in [0, 0.1) is 11.3 Å². The predicted molar refractivity (Wildman–Crippen MR) is 113 cm³/mol. The van der Waals surface area contributed by atoms with Gasteiger partial charge in [-0.2, -0.15) is 5.26 Å². The number of hydrogen-bond acceptors (Lipinski definition) is 4. The van der Waals surface area contributed by atoms with Crippen molar-refractivity contribution in [2.45, 2.75) is 42.9 Å². The van der Waals surface area contributed by atoms with Crippen LogP contribution in [-0.2, 0) is 17.6 Å². The Hall–Kier alpha value is -2.84. The van der Waals surface area contributed by atoms with Crippen LogP contribution in [0.3, 0.4) is 0 Å². The number of benzene rings is 2. The average molecular weight is 388 g/mol. The lowest BCUT2D eigenvalue weighted by Gasteiger charge is -2.16. The number of thioether (sulfide) groups is 1. The van der Waals surface area contributed by atoms with Crippen LogP contribution < -0.4 is 5.32 Å². The normalized spacial score (nSPS) is 13.7. The van der Waals surface area contributed by atoms with Crippen LogP contribution in [0.25, 0.3) is 10.8 Å². The van der Waals surface area contributed by atoms with Gasteiger partial charge in [-0.05, 0) is 48.8 Å². The number of amides is 1. The molecule has 1 heterocycles. The standard InChI is InChI=1S/C23H21N3OS/c1-2-21(28-23-17(14-24)13-16-9-6-11-19(16)26-23)22(27)25-20-12-5-8-15-7-3-4-10-18(15)20/h3-5,7-8,10,12-13,21H,2,6,9,11H2,1H3,(H,25,27). The van der Waals surface area contributed by atoms with E-state index in [-0.39, 0.29) is 11.2 Å². The number of fused-ring (bicyclic) bond motifs is 2. The highest BCUT2D eigenvalue weighted by Crippen LogP contribution is 2.32. The zero-order valence-electron chi connectivity index (χ0n) is 15.7. The van der Waals surface area contributed by atoms with Gasteiger partial charge in [-0.3, -0.25) is 4.79 Å². The van der Waals surface area contributed by atoms with Gasteiger partial charge in [-0.25, -0.2) is 4.98 Å². The number of carbonyl (C=O) groups is 1. The van der Waals surface area contributed by atoms with E-state index in [9.17, 15) is 10.1 Å². The average Bonchev–Trinajstić information content (AvgIpc) is 3.18. The Kier molecular flexibility index (Phi) is 5.31. The molecular formula is C23H21N3OS. The van der Waals surface area contributed by atoms with Crippen molar-refractivity contribution in [2.75, 3.05) is 5.32 Å². The monoisotopic (exact) mass is 387 g/mol. The molecule has 28 heavy (non-hydrogen) atoms. The highest BCUT2D eigenvalue weighted by Gasteiger charge is 2.23. The Morgan fingerprint density at radius 2 is 2.07 bits per heavy atom. The quantitative estimate of drug-likeness (QED) is 0.618. The zero-order valence-corrected chi connectivity index (χ0v) is 16.6. The summed E-state index contributed by atoms with van der Waals surface area (Å²) in [5.74, 6) is -0.0601. The predicted octanol–water partition coefficient (Wildman–Crippen LogP) is 5.10. The molecule has 0 bridgehead atoms. The Balaban J connectivity index is 1.58. The minimum Gasteiger partial charge on any atom is -0.325 e. The SMILES string of the molecule is CCC(Sc1nc2c(cc1C#N)CCC2)C(=O)Nc1cccc2ccccc12. The number of anilines is 1. The van der Waals surface area contributed by atoms with Gasteiger partial charge in [-0.1, -0.05) is 55.1 Å². The molecular weight excluding hydrogens is 366 g/mol. The fraction of sp³-hybridized carbons (Fsp3) is 0.261. The molecule has 3 aromatic rings. The van der Waals surface area contributed by atoms with Crippen LogP contribution in [0.2, 0.25) is 0 Å². The third kappa shape index (κ3) is 3.61. The summed E-state index contributed by atoms with van der Waals surface area (Å²) < 4.78 is 0. The lowest BCUT2D eigenvalue weighted by molar-refractivity contribution is -0.115. The van der Waals surface area contributed by atoms with Crippen molar-refractivity contribution in [3.63, 3.8) is 0 Å². The summed E-state index contributed by atoms with van der Waals surface area (Å²) in [6.45, 7) is 1.99. The van der Waals surface area contributed by atoms with E-state index in [1.54, 1.807) is 0 Å². The minimum atomic E-state index is -0.307. The van der Waals surface area contributed by atoms with Gasteiger partial charge in [0.2, 0.25) is 5.91 Å². The topological polar surface area (TPSA) is 65.8 Å². The summed E-state index contributed by atoms with van der Waals surface area (Å²) >= 11 is 1.39. The Morgan fingerprint density at radius 1 is 1.25 bits per heavy atom. The van der Waals surface area contributed by atoms with Gasteiger partial charge < -0.3 is 5.32 Å². The van der Waals surface area contributed by atoms with E-state index in [1.807, 2.05) is 55.5 Å². The van der Waals surface area contributed by atoms with Crippen LogP contribution in [-0.4, -0.2) is 16.1 Å². The number of aryl methyl sites for hydroxylation is 2. The van der Waals surface area contributed by atoms with Crippen molar-refractivity contribution in [1.82, 2.24) is 4.98 Å². The molecule has 140 valence electrons. The zero-order chi connectivity index (χ0) is 19.5. The first-order chi connectivity index (χ1) is 13.7. The van der Waals surface area contributed by atoms with E-state index in [2.05, 4.69) is 11.4 Å². The molecule has 0 saturated heterocycles. The fourth-order valence-corrected chi connectivity index (χ4v) is 4.62. The number of nitriles is 1. The van der Waals surface area contributed by atoms with Crippen LogP contribution >= 0.6 is 11.8 Å². The molecule has 1 aliphatic rings. The third-order valence-electron chi connectivity index (χ3n) is 5.10. The minimum absolute atomic E-state index is 0.0601. The maximum atomic E-state index is 13.0. The number of aromatic nitrogens is 1. The maximum Gasteiger partial charge on any atom is 0.237 e. The largest absolute Gasteiger partial charge is 0.325 e. The van der Waals surface area contributed by atoms with Gasteiger partial charge in [0.05, 0.1) is 10.8 Å². The van der Waals surface area contributed by atoms with Gasteiger partial charge in [0.25, 0.3) is 0 Å². The number of pyridine rings is 1. The van der Waals surface area contributed by atoms with E-state index in [0.29, 0.717) is 17.0 Å². The van der Waals surface area contributed by atoms with Crippen molar-refractivity contribution in [1.29, 1.82) is 5.26 Å². The molecule has 1 unspecified atom stereocenters. The number of nitrogens with zero attached hydrogens (tertiary/aromatic N) is 2. The van der Waals surface area contributed by atoms with Crippen molar-refractivity contribution in [3.8, 4) is 6.07 Å². The van der Waals surface area contributed by atoms with Gasteiger partial charge >= 0.3 is 0 Å². The van der Waals surface area contributed by atoms with E-state index in [1.165, 1.54) is 17.3 Å². The number of hydrogen-bond donors (Lipinski definition) is 1.